The van der Waals surface area contributed by atoms with Gasteiger partial charge in [-0.1, -0.05) is 11.6 Å². The Hall–Kier alpha value is -2.47. The molecule has 3 heterocycles. The fraction of sp³-hybridized carbons (Fsp3) is 0.294. The van der Waals surface area contributed by atoms with Crippen molar-refractivity contribution in [2.75, 3.05) is 26.2 Å². The maximum atomic E-state index is 12.5. The molecule has 1 fully saturated rings. The maximum absolute atomic E-state index is 12.5. The zero-order valence-corrected chi connectivity index (χ0v) is 13.8. The Labute approximate surface area is 145 Å². The van der Waals surface area contributed by atoms with Crippen LogP contribution in [0.5, 0.6) is 0 Å². The van der Waals surface area contributed by atoms with Gasteiger partial charge in [-0.25, -0.2) is 0 Å². The lowest BCUT2D eigenvalue weighted by atomic mass is 10.2. The highest BCUT2D eigenvalue weighted by Gasteiger charge is 2.24. The number of pyridine rings is 2. The Kier molecular flexibility index (Phi) is 5.05. The molecule has 0 unspecified atom stereocenters. The molecule has 2 amide bonds. The molecule has 0 spiro atoms. The van der Waals surface area contributed by atoms with Crippen molar-refractivity contribution >= 4 is 23.4 Å². The number of halogens is 1. The van der Waals surface area contributed by atoms with Crippen molar-refractivity contribution in [3.8, 4) is 0 Å². The third kappa shape index (κ3) is 3.71. The molecule has 2 aromatic rings. The fourth-order valence-corrected chi connectivity index (χ4v) is 2.84. The summed E-state index contributed by atoms with van der Waals surface area (Å²) in [5.74, 6) is -0.191. The van der Waals surface area contributed by atoms with Crippen LogP contribution in [0.2, 0.25) is 5.02 Å². The molecule has 0 bridgehead atoms. The third-order valence-electron chi connectivity index (χ3n) is 3.94. The van der Waals surface area contributed by atoms with E-state index in [2.05, 4.69) is 9.97 Å². The summed E-state index contributed by atoms with van der Waals surface area (Å²) in [5, 5.41) is 0.484. The van der Waals surface area contributed by atoms with E-state index in [0.29, 0.717) is 42.5 Å². The highest BCUT2D eigenvalue weighted by atomic mass is 35.5. The Balaban J connectivity index is 1.67. The second kappa shape index (κ2) is 7.40. The minimum absolute atomic E-state index is 0.0346. The van der Waals surface area contributed by atoms with Gasteiger partial charge in [0, 0.05) is 55.4 Å². The van der Waals surface area contributed by atoms with Gasteiger partial charge in [0.1, 0.15) is 5.69 Å². The number of hydrogen-bond acceptors (Lipinski definition) is 4. The van der Waals surface area contributed by atoms with Crippen molar-refractivity contribution in [1.82, 2.24) is 19.8 Å². The van der Waals surface area contributed by atoms with Crippen LogP contribution in [0.3, 0.4) is 0 Å². The van der Waals surface area contributed by atoms with Crippen LogP contribution in [0.4, 0.5) is 0 Å². The second-order valence-corrected chi connectivity index (χ2v) is 5.97. The molecule has 0 saturated carbocycles. The number of carbonyl (C=O) groups is 2. The quantitative estimate of drug-likeness (QED) is 0.837. The average molecular weight is 345 g/mol. The number of aromatic nitrogens is 2. The molecular formula is C17H17ClN4O2. The molecule has 1 saturated heterocycles. The van der Waals surface area contributed by atoms with Gasteiger partial charge in [-0.2, -0.15) is 0 Å². The van der Waals surface area contributed by atoms with Crippen LogP contribution < -0.4 is 0 Å². The SMILES string of the molecule is O=C(c1ccncc1)N1CCCN(C(=O)c2cc(Cl)ccn2)CC1. The number of rotatable bonds is 2. The molecule has 7 heteroatoms. The van der Waals surface area contributed by atoms with E-state index >= 15 is 0 Å². The minimum atomic E-state index is -0.157. The lowest BCUT2D eigenvalue weighted by Crippen LogP contribution is -2.37. The summed E-state index contributed by atoms with van der Waals surface area (Å²) in [4.78, 5) is 36.6. The van der Waals surface area contributed by atoms with E-state index in [1.165, 1.54) is 6.20 Å². The molecule has 0 N–H and O–H groups in total. The molecule has 0 aromatic carbocycles. The van der Waals surface area contributed by atoms with Crippen LogP contribution in [0.1, 0.15) is 27.3 Å². The molecule has 0 atom stereocenters. The van der Waals surface area contributed by atoms with Gasteiger partial charge in [0.2, 0.25) is 0 Å². The van der Waals surface area contributed by atoms with Crippen LogP contribution in [0.25, 0.3) is 0 Å². The van der Waals surface area contributed by atoms with E-state index in [0.717, 1.165) is 6.42 Å². The van der Waals surface area contributed by atoms with Crippen LogP contribution in [-0.4, -0.2) is 57.8 Å². The van der Waals surface area contributed by atoms with E-state index in [-0.39, 0.29) is 11.8 Å². The first-order valence-corrected chi connectivity index (χ1v) is 8.13. The van der Waals surface area contributed by atoms with E-state index in [4.69, 9.17) is 11.6 Å². The van der Waals surface area contributed by atoms with Gasteiger partial charge >= 0.3 is 0 Å². The molecule has 1 aliphatic heterocycles. The largest absolute Gasteiger partial charge is 0.337 e. The van der Waals surface area contributed by atoms with Gasteiger partial charge < -0.3 is 9.80 Å². The molecule has 24 heavy (non-hydrogen) atoms. The van der Waals surface area contributed by atoms with Crippen molar-refractivity contribution in [1.29, 1.82) is 0 Å². The molecule has 0 aliphatic carbocycles. The summed E-state index contributed by atoms with van der Waals surface area (Å²) < 4.78 is 0. The Morgan fingerprint density at radius 1 is 0.917 bits per heavy atom. The van der Waals surface area contributed by atoms with Crippen LogP contribution >= 0.6 is 11.6 Å². The summed E-state index contributed by atoms with van der Waals surface area (Å²) >= 11 is 5.92. The molecule has 3 rings (SSSR count). The number of hydrogen-bond donors (Lipinski definition) is 0. The Morgan fingerprint density at radius 3 is 2.25 bits per heavy atom. The average Bonchev–Trinajstić information content (AvgIpc) is 2.87. The highest BCUT2D eigenvalue weighted by molar-refractivity contribution is 6.30. The normalized spacial score (nSPS) is 15.0. The number of nitrogens with zero attached hydrogens (tertiary/aromatic N) is 4. The van der Waals surface area contributed by atoms with Crippen molar-refractivity contribution in [2.45, 2.75) is 6.42 Å². The summed E-state index contributed by atoms with van der Waals surface area (Å²) in [5.41, 5.74) is 0.942. The van der Waals surface area contributed by atoms with Gasteiger partial charge in [-0.05, 0) is 30.7 Å². The zero-order valence-electron chi connectivity index (χ0n) is 13.1. The summed E-state index contributed by atoms with van der Waals surface area (Å²) in [6, 6.07) is 6.60. The van der Waals surface area contributed by atoms with Crippen molar-refractivity contribution in [3.05, 3.63) is 59.1 Å². The lowest BCUT2D eigenvalue weighted by Gasteiger charge is -2.22. The van der Waals surface area contributed by atoms with E-state index in [9.17, 15) is 9.59 Å². The lowest BCUT2D eigenvalue weighted by molar-refractivity contribution is 0.0715. The first-order valence-electron chi connectivity index (χ1n) is 7.75. The predicted molar refractivity (Wildman–Crippen MR) is 89.9 cm³/mol. The summed E-state index contributed by atoms with van der Waals surface area (Å²) in [7, 11) is 0. The van der Waals surface area contributed by atoms with Crippen LogP contribution in [0, 0.1) is 0 Å². The molecule has 1 aliphatic rings. The smallest absolute Gasteiger partial charge is 0.272 e. The Morgan fingerprint density at radius 2 is 1.58 bits per heavy atom. The molecular weight excluding hydrogens is 328 g/mol. The standard InChI is InChI=1S/C17H17ClN4O2/c18-14-4-7-20-15(12-14)17(24)22-9-1-8-21(10-11-22)16(23)13-2-5-19-6-3-13/h2-7,12H,1,8-11H2. The maximum Gasteiger partial charge on any atom is 0.272 e. The zero-order chi connectivity index (χ0) is 16.9. The van der Waals surface area contributed by atoms with Crippen molar-refractivity contribution in [3.63, 3.8) is 0 Å². The van der Waals surface area contributed by atoms with Gasteiger partial charge in [0.05, 0.1) is 0 Å². The summed E-state index contributed by atoms with van der Waals surface area (Å²) in [6.45, 7) is 2.18. The molecule has 2 aromatic heterocycles. The topological polar surface area (TPSA) is 66.4 Å². The minimum Gasteiger partial charge on any atom is -0.337 e. The number of carbonyl (C=O) groups excluding carboxylic acids is 2. The van der Waals surface area contributed by atoms with Crippen LogP contribution in [-0.2, 0) is 0 Å². The fourth-order valence-electron chi connectivity index (χ4n) is 2.68. The van der Waals surface area contributed by atoms with Gasteiger partial charge in [0.25, 0.3) is 11.8 Å². The number of amides is 2. The molecule has 0 radical (unpaired) electrons. The van der Waals surface area contributed by atoms with Gasteiger partial charge in [-0.3, -0.25) is 19.6 Å². The first-order chi connectivity index (χ1) is 11.6. The summed E-state index contributed by atoms with van der Waals surface area (Å²) in [6.07, 6.45) is 5.45. The first kappa shape index (κ1) is 16.4. The van der Waals surface area contributed by atoms with Gasteiger partial charge in [-0.15, -0.1) is 0 Å². The van der Waals surface area contributed by atoms with E-state index in [1.807, 2.05) is 0 Å². The van der Waals surface area contributed by atoms with Crippen molar-refractivity contribution < 1.29 is 9.59 Å². The predicted octanol–water partition coefficient (Wildman–Crippen LogP) is 2.12. The van der Waals surface area contributed by atoms with E-state index in [1.54, 1.807) is 46.5 Å². The van der Waals surface area contributed by atoms with Gasteiger partial charge in [0.15, 0.2) is 0 Å². The highest BCUT2D eigenvalue weighted by Crippen LogP contribution is 2.13. The van der Waals surface area contributed by atoms with Crippen LogP contribution in [0.15, 0.2) is 42.9 Å². The molecule has 124 valence electrons. The van der Waals surface area contributed by atoms with Crippen molar-refractivity contribution in [2.24, 2.45) is 0 Å². The van der Waals surface area contributed by atoms with E-state index < -0.39 is 0 Å². The third-order valence-corrected chi connectivity index (χ3v) is 4.17. The second-order valence-electron chi connectivity index (χ2n) is 5.53. The molecule has 6 nitrogen and oxygen atoms in total. The monoisotopic (exact) mass is 344 g/mol. The Bertz CT molecular complexity index is 738.